The lowest BCUT2D eigenvalue weighted by Gasteiger charge is -2.50. The number of piperidine rings is 1. The molecule has 2 aliphatic heterocycles. The number of nitrogens with one attached hydrogen (secondary N) is 2. The van der Waals surface area contributed by atoms with Crippen LogP contribution in [-0.4, -0.2) is 54.1 Å². The van der Waals surface area contributed by atoms with Crippen molar-refractivity contribution in [1.29, 1.82) is 0 Å². The number of fused-ring (bicyclic) bond motifs is 3. The number of hydrogen-bond acceptors (Lipinski definition) is 3. The van der Waals surface area contributed by atoms with E-state index in [1.165, 1.54) is 0 Å². The van der Waals surface area contributed by atoms with Crippen molar-refractivity contribution < 1.29 is 14.0 Å². The molecule has 2 N–H and O–H groups in total. The summed E-state index contributed by atoms with van der Waals surface area (Å²) in [5.41, 5.74) is 0.451. The minimum atomic E-state index is -0.913. The van der Waals surface area contributed by atoms with E-state index in [9.17, 15) is 14.0 Å². The third kappa shape index (κ3) is 2.07. The molecule has 0 bridgehead atoms. The molecule has 5 nitrogen and oxygen atoms in total. The monoisotopic (exact) mass is 309 g/mol. The minimum Gasteiger partial charge on any atom is -0.356 e. The number of hydrogen-bond donors (Lipinski definition) is 2. The number of likely N-dealkylation sites (N-methyl/N-ethyl adjacent to an activating group) is 1. The Kier molecular flexibility index (Phi) is 3.75. The molecule has 0 aromatic heterocycles. The van der Waals surface area contributed by atoms with Crippen LogP contribution in [0.1, 0.15) is 33.1 Å². The highest BCUT2D eigenvalue weighted by Crippen LogP contribution is 2.49. The van der Waals surface area contributed by atoms with E-state index in [1.54, 1.807) is 18.0 Å². The zero-order valence-corrected chi connectivity index (χ0v) is 13.4. The Morgan fingerprint density at radius 3 is 2.95 bits per heavy atom. The van der Waals surface area contributed by atoms with Crippen molar-refractivity contribution in [1.82, 2.24) is 15.5 Å². The number of carbonyl (C=O) groups is 2. The maximum absolute atomic E-state index is 14.3. The van der Waals surface area contributed by atoms with E-state index >= 15 is 0 Å². The van der Waals surface area contributed by atoms with Crippen molar-refractivity contribution in [2.75, 3.05) is 13.6 Å². The topological polar surface area (TPSA) is 61.4 Å². The van der Waals surface area contributed by atoms with Crippen LogP contribution in [-0.2, 0) is 9.59 Å². The molecule has 6 heteroatoms. The van der Waals surface area contributed by atoms with Gasteiger partial charge < -0.3 is 15.5 Å². The summed E-state index contributed by atoms with van der Waals surface area (Å²) in [6, 6.07) is -0.557. The van der Waals surface area contributed by atoms with Gasteiger partial charge in [0.25, 0.3) is 0 Å². The van der Waals surface area contributed by atoms with E-state index in [4.69, 9.17) is 0 Å². The predicted molar refractivity (Wildman–Crippen MR) is 80.9 cm³/mol. The van der Waals surface area contributed by atoms with E-state index in [-0.39, 0.29) is 36.2 Å². The van der Waals surface area contributed by atoms with Crippen molar-refractivity contribution in [3.8, 4) is 0 Å². The summed E-state index contributed by atoms with van der Waals surface area (Å²) in [7, 11) is 1.78. The first kappa shape index (κ1) is 15.5. The van der Waals surface area contributed by atoms with Gasteiger partial charge in [-0.1, -0.05) is 0 Å². The van der Waals surface area contributed by atoms with Gasteiger partial charge >= 0.3 is 0 Å². The summed E-state index contributed by atoms with van der Waals surface area (Å²) in [4.78, 5) is 25.9. The second-order valence-corrected chi connectivity index (χ2v) is 6.75. The van der Waals surface area contributed by atoms with Crippen LogP contribution in [0.15, 0.2) is 11.6 Å². The van der Waals surface area contributed by atoms with Gasteiger partial charge in [0.05, 0.1) is 5.54 Å². The fraction of sp³-hybridized carbons (Fsp3) is 0.750. The summed E-state index contributed by atoms with van der Waals surface area (Å²) >= 11 is 0. The number of alkyl halides is 1. The normalized spacial score (nSPS) is 40.3. The number of rotatable bonds is 3. The first-order chi connectivity index (χ1) is 10.4. The zero-order chi connectivity index (χ0) is 16.1. The molecular formula is C16H24FN3O2. The lowest BCUT2D eigenvalue weighted by Crippen LogP contribution is -2.64. The van der Waals surface area contributed by atoms with Gasteiger partial charge in [-0.3, -0.25) is 9.59 Å². The highest BCUT2D eigenvalue weighted by Gasteiger charge is 2.59. The van der Waals surface area contributed by atoms with Gasteiger partial charge in [-0.15, -0.1) is 0 Å². The molecule has 0 aromatic carbocycles. The molecule has 0 radical (unpaired) electrons. The highest BCUT2D eigenvalue weighted by molar-refractivity contribution is 5.93. The van der Waals surface area contributed by atoms with Gasteiger partial charge in [-0.25, -0.2) is 4.39 Å². The minimum absolute atomic E-state index is 0.0526. The van der Waals surface area contributed by atoms with Crippen LogP contribution >= 0.6 is 0 Å². The SMILES string of the molecule is CCNC(=O)C[C@@H]1NC2C(CC[C@H]2F)C2(C)C1=CC(=O)N2C. The molecule has 2 fully saturated rings. The molecule has 3 aliphatic rings. The van der Waals surface area contributed by atoms with Crippen molar-refractivity contribution in [2.24, 2.45) is 5.92 Å². The Balaban J connectivity index is 1.93. The van der Waals surface area contributed by atoms with Crippen LogP contribution in [0.25, 0.3) is 0 Å². The second-order valence-electron chi connectivity index (χ2n) is 6.75. The fourth-order valence-corrected chi connectivity index (χ4v) is 4.46. The van der Waals surface area contributed by atoms with Crippen molar-refractivity contribution in [3.05, 3.63) is 11.6 Å². The van der Waals surface area contributed by atoms with Crippen LogP contribution in [0.4, 0.5) is 4.39 Å². The van der Waals surface area contributed by atoms with Gasteiger partial charge in [0.2, 0.25) is 11.8 Å². The Bertz CT molecular complexity index is 535. The van der Waals surface area contributed by atoms with Crippen molar-refractivity contribution in [3.63, 3.8) is 0 Å². The van der Waals surface area contributed by atoms with Gasteiger partial charge in [0.15, 0.2) is 0 Å². The zero-order valence-electron chi connectivity index (χ0n) is 13.4. The van der Waals surface area contributed by atoms with Crippen LogP contribution in [0, 0.1) is 5.92 Å². The number of carbonyl (C=O) groups excluding carboxylic acids is 2. The first-order valence-corrected chi connectivity index (χ1v) is 8.06. The molecule has 2 heterocycles. The van der Waals surface area contributed by atoms with Crippen LogP contribution in [0.5, 0.6) is 0 Å². The van der Waals surface area contributed by atoms with E-state index < -0.39 is 11.7 Å². The molecule has 5 atom stereocenters. The van der Waals surface area contributed by atoms with Crippen molar-refractivity contribution >= 4 is 11.8 Å². The van der Waals surface area contributed by atoms with Crippen LogP contribution in [0.2, 0.25) is 0 Å². The van der Waals surface area contributed by atoms with Gasteiger partial charge in [-0.2, -0.15) is 0 Å². The molecule has 2 amide bonds. The molecule has 1 saturated carbocycles. The lowest BCUT2D eigenvalue weighted by atomic mass is 9.70. The van der Waals surface area contributed by atoms with E-state index in [0.717, 1.165) is 12.0 Å². The Labute approximate surface area is 130 Å². The molecular weight excluding hydrogens is 285 g/mol. The van der Waals surface area contributed by atoms with E-state index in [1.807, 2.05) is 13.8 Å². The quantitative estimate of drug-likeness (QED) is 0.809. The molecule has 122 valence electrons. The van der Waals surface area contributed by atoms with E-state index in [2.05, 4.69) is 10.6 Å². The fourth-order valence-electron chi connectivity index (χ4n) is 4.46. The molecule has 3 rings (SSSR count). The maximum Gasteiger partial charge on any atom is 0.247 e. The average Bonchev–Trinajstić information content (AvgIpc) is 2.94. The standard InChI is InChI=1S/C16H24FN3O2/c1-4-18-13(21)8-12-10-7-14(22)20(3)16(10,2)9-5-6-11(17)15(9)19-12/h7,9,11-12,15,19H,4-6,8H2,1-3H3,(H,18,21)/t9?,11-,12+,15?,16?/m1/s1. The molecule has 1 saturated heterocycles. The summed E-state index contributed by atoms with van der Waals surface area (Å²) in [5.74, 6) is -0.0593. The van der Waals surface area contributed by atoms with Crippen LogP contribution < -0.4 is 10.6 Å². The summed E-state index contributed by atoms with van der Waals surface area (Å²) in [6.45, 7) is 4.45. The summed E-state index contributed by atoms with van der Waals surface area (Å²) in [6.07, 6.45) is 2.24. The highest BCUT2D eigenvalue weighted by atomic mass is 19.1. The maximum atomic E-state index is 14.3. The third-order valence-corrected chi connectivity index (χ3v) is 5.72. The average molecular weight is 309 g/mol. The molecule has 1 aliphatic carbocycles. The second kappa shape index (κ2) is 5.33. The summed E-state index contributed by atoms with van der Waals surface area (Å²) in [5, 5.41) is 6.09. The molecule has 3 unspecified atom stereocenters. The smallest absolute Gasteiger partial charge is 0.247 e. The Hall–Kier alpha value is -1.43. The third-order valence-electron chi connectivity index (χ3n) is 5.72. The number of amides is 2. The Morgan fingerprint density at radius 2 is 2.27 bits per heavy atom. The van der Waals surface area contributed by atoms with E-state index in [0.29, 0.717) is 13.0 Å². The molecule has 0 spiro atoms. The largest absolute Gasteiger partial charge is 0.356 e. The van der Waals surface area contributed by atoms with Gasteiger partial charge in [0.1, 0.15) is 6.17 Å². The number of nitrogens with zero attached hydrogens (tertiary/aromatic N) is 1. The molecule has 0 aromatic rings. The number of halogens is 1. The molecule has 22 heavy (non-hydrogen) atoms. The van der Waals surface area contributed by atoms with Crippen molar-refractivity contribution in [2.45, 2.75) is 56.9 Å². The van der Waals surface area contributed by atoms with Gasteiger partial charge in [0, 0.05) is 44.1 Å². The first-order valence-electron chi connectivity index (χ1n) is 8.06. The predicted octanol–water partition coefficient (Wildman–Crippen LogP) is 0.758. The van der Waals surface area contributed by atoms with Crippen LogP contribution in [0.3, 0.4) is 0 Å². The Morgan fingerprint density at radius 1 is 1.55 bits per heavy atom. The summed E-state index contributed by atoms with van der Waals surface area (Å²) < 4.78 is 14.3. The van der Waals surface area contributed by atoms with Gasteiger partial charge in [-0.05, 0) is 32.3 Å². The lowest BCUT2D eigenvalue weighted by molar-refractivity contribution is -0.128.